The molecule has 3 rings (SSSR count). The third-order valence-corrected chi connectivity index (χ3v) is 6.08. The molecule has 0 amide bonds. The molecule has 0 fully saturated rings. The second kappa shape index (κ2) is 14.4. The summed E-state index contributed by atoms with van der Waals surface area (Å²) in [6.45, 7) is 0. The van der Waals surface area contributed by atoms with Crippen LogP contribution in [0, 0.1) is 0 Å². The van der Waals surface area contributed by atoms with Crippen molar-refractivity contribution >= 4 is 23.6 Å². The van der Waals surface area contributed by atoms with Crippen LogP contribution in [0.2, 0.25) is 0 Å². The molecule has 0 radical (unpaired) electrons. The van der Waals surface area contributed by atoms with E-state index in [0.29, 0.717) is 57.2 Å². The molecular weight excluding hydrogens is 530 g/mol. The van der Waals surface area contributed by atoms with Crippen molar-refractivity contribution in [3.63, 3.8) is 0 Å². The van der Waals surface area contributed by atoms with Crippen LogP contribution in [0.5, 0.6) is 46.0 Å². The van der Waals surface area contributed by atoms with Crippen LogP contribution in [0.25, 0.3) is 12.2 Å². The highest BCUT2D eigenvalue weighted by atomic mass is 16.5. The van der Waals surface area contributed by atoms with Crippen LogP contribution in [-0.2, 0) is 0 Å². The van der Waals surface area contributed by atoms with Gasteiger partial charge in [-0.3, -0.25) is 4.79 Å². The van der Waals surface area contributed by atoms with E-state index in [2.05, 4.69) is 5.32 Å². The lowest BCUT2D eigenvalue weighted by Crippen LogP contribution is -2.02. The normalized spacial score (nSPS) is 10.8. The summed E-state index contributed by atoms with van der Waals surface area (Å²) in [5.41, 5.74) is 2.59. The summed E-state index contributed by atoms with van der Waals surface area (Å²) in [5.74, 6) is 3.48. The molecule has 0 atom stereocenters. The standard InChI is InChI=1S/C31H35NO9/c1-34-24-14-19(9-10-20-15-25(35-2)30(40-7)26(16-20)36-3)13-22(29(24)39-6)32-12-11-23(33)21-17-27(37-4)31(41-8)28(18-21)38-5/h9-18,32H,1-8H3. The first-order chi connectivity index (χ1) is 19.9. The highest BCUT2D eigenvalue weighted by Gasteiger charge is 2.17. The Labute approximate surface area is 240 Å². The Kier molecular flexibility index (Phi) is 10.7. The number of ether oxygens (including phenoxy) is 8. The molecule has 0 aliphatic carbocycles. The van der Waals surface area contributed by atoms with Crippen LogP contribution in [0.3, 0.4) is 0 Å². The number of hydrogen-bond donors (Lipinski definition) is 1. The van der Waals surface area contributed by atoms with E-state index in [1.807, 2.05) is 36.4 Å². The number of ketones is 1. The number of carbonyl (C=O) groups excluding carboxylic acids is 1. The third-order valence-electron chi connectivity index (χ3n) is 6.08. The van der Waals surface area contributed by atoms with Gasteiger partial charge in [-0.05, 0) is 47.5 Å². The number of nitrogens with one attached hydrogen (secondary N) is 1. The van der Waals surface area contributed by atoms with E-state index in [-0.39, 0.29) is 5.78 Å². The topological polar surface area (TPSA) is 103 Å². The Morgan fingerprint density at radius 2 is 0.927 bits per heavy atom. The van der Waals surface area contributed by atoms with Gasteiger partial charge in [0.15, 0.2) is 40.3 Å². The molecule has 0 heterocycles. The Morgan fingerprint density at radius 3 is 1.34 bits per heavy atom. The van der Waals surface area contributed by atoms with Gasteiger partial charge >= 0.3 is 0 Å². The summed E-state index contributed by atoms with van der Waals surface area (Å²) < 4.78 is 43.5. The molecule has 0 aliphatic heterocycles. The molecule has 0 saturated heterocycles. The maximum Gasteiger partial charge on any atom is 0.203 e. The van der Waals surface area contributed by atoms with Gasteiger partial charge in [0.25, 0.3) is 0 Å². The van der Waals surface area contributed by atoms with Crippen LogP contribution in [0.15, 0.2) is 48.7 Å². The second-order valence-electron chi connectivity index (χ2n) is 8.35. The molecule has 0 saturated carbocycles. The van der Waals surface area contributed by atoms with Gasteiger partial charge in [-0.15, -0.1) is 0 Å². The van der Waals surface area contributed by atoms with Gasteiger partial charge < -0.3 is 43.2 Å². The molecular formula is C31H35NO9. The first-order valence-electron chi connectivity index (χ1n) is 12.4. The van der Waals surface area contributed by atoms with Crippen LogP contribution >= 0.6 is 0 Å². The zero-order chi connectivity index (χ0) is 29.9. The minimum absolute atomic E-state index is 0.277. The zero-order valence-corrected chi connectivity index (χ0v) is 24.4. The predicted octanol–water partition coefficient (Wildman–Crippen LogP) is 5.73. The fourth-order valence-electron chi connectivity index (χ4n) is 4.11. The van der Waals surface area contributed by atoms with Crippen molar-refractivity contribution in [1.82, 2.24) is 0 Å². The van der Waals surface area contributed by atoms with Gasteiger partial charge in [0, 0.05) is 17.8 Å². The average Bonchev–Trinajstić information content (AvgIpc) is 3.01. The lowest BCUT2D eigenvalue weighted by Gasteiger charge is -2.14. The molecule has 218 valence electrons. The van der Waals surface area contributed by atoms with E-state index in [0.717, 1.165) is 11.1 Å². The van der Waals surface area contributed by atoms with Gasteiger partial charge in [0.1, 0.15) is 0 Å². The van der Waals surface area contributed by atoms with Crippen LogP contribution in [0.1, 0.15) is 21.5 Å². The van der Waals surface area contributed by atoms with Crippen molar-refractivity contribution < 1.29 is 42.7 Å². The Morgan fingerprint density at radius 1 is 0.537 bits per heavy atom. The van der Waals surface area contributed by atoms with E-state index in [1.165, 1.54) is 33.6 Å². The Balaban J connectivity index is 1.91. The highest BCUT2D eigenvalue weighted by molar-refractivity contribution is 6.05. The van der Waals surface area contributed by atoms with Gasteiger partial charge in [0.05, 0.1) is 62.6 Å². The molecule has 3 aromatic rings. The predicted molar refractivity (Wildman–Crippen MR) is 158 cm³/mol. The molecule has 41 heavy (non-hydrogen) atoms. The van der Waals surface area contributed by atoms with Gasteiger partial charge in [-0.2, -0.15) is 0 Å². The molecule has 1 N–H and O–H groups in total. The summed E-state index contributed by atoms with van der Waals surface area (Å²) in [6.07, 6.45) is 6.72. The summed E-state index contributed by atoms with van der Waals surface area (Å²) in [6, 6.07) is 10.6. The quantitative estimate of drug-likeness (QED) is 0.148. The largest absolute Gasteiger partial charge is 0.493 e. The molecule has 10 nitrogen and oxygen atoms in total. The zero-order valence-electron chi connectivity index (χ0n) is 24.4. The fraction of sp³-hybridized carbons (Fsp3) is 0.258. The highest BCUT2D eigenvalue weighted by Crippen LogP contribution is 2.40. The SMILES string of the molecule is COc1cc(C=Cc2cc(OC)c(OC)c(OC)c2)cc(NC=CC(=O)c2cc(OC)c(OC)c(OC)c2)c1OC. The number of hydrogen-bond acceptors (Lipinski definition) is 10. The minimum atomic E-state index is -0.277. The lowest BCUT2D eigenvalue weighted by atomic mass is 10.1. The number of methoxy groups -OCH3 is 8. The molecule has 0 spiro atoms. The number of rotatable bonds is 14. The summed E-state index contributed by atoms with van der Waals surface area (Å²) in [4.78, 5) is 12.9. The van der Waals surface area contributed by atoms with Crippen LogP contribution < -0.4 is 43.2 Å². The summed E-state index contributed by atoms with van der Waals surface area (Å²) >= 11 is 0. The van der Waals surface area contributed by atoms with Gasteiger partial charge in [-0.25, -0.2) is 0 Å². The molecule has 0 aliphatic rings. The molecule has 3 aromatic carbocycles. The molecule has 0 aromatic heterocycles. The fourth-order valence-corrected chi connectivity index (χ4v) is 4.11. The van der Waals surface area contributed by atoms with Crippen molar-refractivity contribution in [3.05, 3.63) is 65.4 Å². The maximum atomic E-state index is 12.9. The third kappa shape index (κ3) is 6.96. The molecule has 10 heteroatoms. The summed E-state index contributed by atoms with van der Waals surface area (Å²) in [5, 5.41) is 3.13. The number of allylic oxidation sites excluding steroid dienone is 1. The van der Waals surface area contributed by atoms with Crippen LogP contribution in [0.4, 0.5) is 5.69 Å². The van der Waals surface area contributed by atoms with E-state index in [9.17, 15) is 4.79 Å². The Bertz CT molecular complexity index is 1380. The minimum Gasteiger partial charge on any atom is -0.493 e. The van der Waals surface area contributed by atoms with E-state index >= 15 is 0 Å². The summed E-state index contributed by atoms with van der Waals surface area (Å²) in [7, 11) is 12.3. The number of anilines is 1. The van der Waals surface area contributed by atoms with Crippen molar-refractivity contribution in [1.29, 1.82) is 0 Å². The smallest absolute Gasteiger partial charge is 0.203 e. The lowest BCUT2D eigenvalue weighted by molar-refractivity contribution is 0.104. The monoisotopic (exact) mass is 565 g/mol. The molecule has 0 bridgehead atoms. The number of benzene rings is 3. The first-order valence-corrected chi connectivity index (χ1v) is 12.4. The first kappa shape index (κ1) is 30.6. The second-order valence-corrected chi connectivity index (χ2v) is 8.35. The Hall–Kier alpha value is -4.99. The van der Waals surface area contributed by atoms with Crippen molar-refractivity contribution in [3.8, 4) is 46.0 Å². The molecule has 0 unspecified atom stereocenters. The van der Waals surface area contributed by atoms with E-state index < -0.39 is 0 Å². The average molecular weight is 566 g/mol. The van der Waals surface area contributed by atoms with Crippen molar-refractivity contribution in [2.75, 3.05) is 62.2 Å². The maximum absolute atomic E-state index is 12.9. The van der Waals surface area contributed by atoms with Gasteiger partial charge in [-0.1, -0.05) is 12.2 Å². The van der Waals surface area contributed by atoms with Gasteiger partial charge in [0.2, 0.25) is 11.5 Å². The van der Waals surface area contributed by atoms with E-state index in [1.54, 1.807) is 47.7 Å². The van der Waals surface area contributed by atoms with Crippen molar-refractivity contribution in [2.24, 2.45) is 0 Å². The van der Waals surface area contributed by atoms with E-state index in [4.69, 9.17) is 37.9 Å². The number of carbonyl (C=O) groups is 1. The van der Waals surface area contributed by atoms with Crippen molar-refractivity contribution in [2.45, 2.75) is 0 Å². The van der Waals surface area contributed by atoms with Crippen LogP contribution in [-0.4, -0.2) is 62.7 Å².